The van der Waals surface area contributed by atoms with E-state index in [1.54, 1.807) is 0 Å². The van der Waals surface area contributed by atoms with Crippen molar-refractivity contribution >= 4 is 46.9 Å². The number of amides is 4. The Morgan fingerprint density at radius 1 is 1.07 bits per heavy atom. The van der Waals surface area contributed by atoms with Gasteiger partial charge in [0, 0.05) is 5.02 Å². The molecule has 2 aromatic carbocycles. The van der Waals surface area contributed by atoms with Crippen LogP contribution in [0, 0.1) is 10.1 Å². The molecule has 0 atom stereocenters. The Kier molecular flexibility index (Phi) is 5.70. The van der Waals surface area contributed by atoms with Crippen LogP contribution < -0.4 is 19.7 Å². The van der Waals surface area contributed by atoms with E-state index in [4.69, 9.17) is 21.1 Å². The van der Waals surface area contributed by atoms with E-state index in [2.05, 4.69) is 0 Å². The number of ether oxygens (including phenoxy) is 2. The highest BCUT2D eigenvalue weighted by Gasteiger charge is 2.37. The van der Waals surface area contributed by atoms with Crippen molar-refractivity contribution in [3.8, 4) is 11.5 Å². The fraction of sp³-hybridized carbons (Fsp3) is 0.105. The maximum atomic E-state index is 12.9. The number of nitrogens with one attached hydrogen (secondary N) is 1. The Bertz CT molecular complexity index is 1100. The van der Waals surface area contributed by atoms with Crippen molar-refractivity contribution in [3.63, 3.8) is 0 Å². The molecular weight excluding hydrogens is 418 g/mol. The van der Waals surface area contributed by atoms with Crippen molar-refractivity contribution in [2.75, 3.05) is 19.1 Å². The standard InChI is InChI=1S/C19H14ClN3O7/c1-29-15-8-10(14(23(27)28)9-16(15)30-2)7-13-17(24)21-19(26)22(18(13)25)12-5-3-11(20)4-6-12/h3-9H,1-2H3,(H,21,24,26)/b13-7+. The number of nitro groups is 1. The largest absolute Gasteiger partial charge is 0.493 e. The summed E-state index contributed by atoms with van der Waals surface area (Å²) in [5, 5.41) is 13.9. The number of methoxy groups -OCH3 is 2. The van der Waals surface area contributed by atoms with Crippen LogP contribution in [0.1, 0.15) is 5.56 Å². The molecule has 2 aromatic rings. The summed E-state index contributed by atoms with van der Waals surface area (Å²) in [4.78, 5) is 49.0. The second kappa shape index (κ2) is 8.21. The number of benzene rings is 2. The highest BCUT2D eigenvalue weighted by atomic mass is 35.5. The minimum Gasteiger partial charge on any atom is -0.493 e. The molecule has 0 unspecified atom stereocenters. The summed E-state index contributed by atoms with van der Waals surface area (Å²) >= 11 is 5.83. The molecule has 0 bridgehead atoms. The molecule has 0 radical (unpaired) electrons. The number of rotatable bonds is 5. The van der Waals surface area contributed by atoms with Crippen LogP contribution in [0.3, 0.4) is 0 Å². The molecule has 0 saturated carbocycles. The third kappa shape index (κ3) is 3.80. The molecule has 1 aliphatic rings. The van der Waals surface area contributed by atoms with E-state index in [1.807, 2.05) is 5.32 Å². The van der Waals surface area contributed by atoms with Gasteiger partial charge < -0.3 is 9.47 Å². The molecule has 154 valence electrons. The third-order valence-corrected chi connectivity index (χ3v) is 4.47. The van der Waals surface area contributed by atoms with E-state index in [-0.39, 0.29) is 22.7 Å². The molecule has 0 aromatic heterocycles. The molecule has 4 amide bonds. The smallest absolute Gasteiger partial charge is 0.335 e. The molecule has 11 heteroatoms. The fourth-order valence-electron chi connectivity index (χ4n) is 2.80. The number of halogens is 1. The summed E-state index contributed by atoms with van der Waals surface area (Å²) in [6.07, 6.45) is 1.02. The maximum Gasteiger partial charge on any atom is 0.335 e. The van der Waals surface area contributed by atoms with Crippen LogP contribution in [0.15, 0.2) is 42.0 Å². The first-order valence-electron chi connectivity index (χ1n) is 8.34. The van der Waals surface area contributed by atoms with Crippen molar-refractivity contribution < 1.29 is 28.8 Å². The maximum absolute atomic E-state index is 12.9. The summed E-state index contributed by atoms with van der Waals surface area (Å²) < 4.78 is 10.2. The van der Waals surface area contributed by atoms with Gasteiger partial charge in [0.2, 0.25) is 0 Å². The van der Waals surface area contributed by atoms with Crippen LogP contribution in [-0.2, 0) is 9.59 Å². The first kappa shape index (κ1) is 20.8. The second-order valence-corrected chi connectivity index (χ2v) is 6.39. The van der Waals surface area contributed by atoms with Crippen LogP contribution in [0.4, 0.5) is 16.2 Å². The molecule has 1 saturated heterocycles. The lowest BCUT2D eigenvalue weighted by Crippen LogP contribution is -2.54. The normalized spacial score (nSPS) is 15.2. The summed E-state index contributed by atoms with van der Waals surface area (Å²) in [5.74, 6) is -1.68. The van der Waals surface area contributed by atoms with Gasteiger partial charge in [0.25, 0.3) is 17.5 Å². The predicted molar refractivity (Wildman–Crippen MR) is 107 cm³/mol. The summed E-state index contributed by atoms with van der Waals surface area (Å²) in [5.41, 5.74) is -0.806. The lowest BCUT2D eigenvalue weighted by molar-refractivity contribution is -0.385. The van der Waals surface area contributed by atoms with E-state index >= 15 is 0 Å². The minimum absolute atomic E-state index is 0.0819. The van der Waals surface area contributed by atoms with Crippen molar-refractivity contribution in [3.05, 3.63) is 62.7 Å². The van der Waals surface area contributed by atoms with Gasteiger partial charge in [-0.15, -0.1) is 0 Å². The average molecular weight is 432 g/mol. The molecule has 10 nitrogen and oxygen atoms in total. The van der Waals surface area contributed by atoms with E-state index in [1.165, 1.54) is 44.6 Å². The Morgan fingerprint density at radius 3 is 2.23 bits per heavy atom. The number of carbonyl (C=O) groups is 3. The number of nitrogens with zero attached hydrogens (tertiary/aromatic N) is 2. The molecule has 1 fully saturated rings. The summed E-state index contributed by atoms with van der Waals surface area (Å²) in [6, 6.07) is 7.20. The van der Waals surface area contributed by atoms with Crippen LogP contribution in [0.2, 0.25) is 5.02 Å². The number of hydrogen-bond acceptors (Lipinski definition) is 7. The number of carbonyl (C=O) groups excluding carboxylic acids is 3. The van der Waals surface area contributed by atoms with Crippen LogP contribution in [-0.4, -0.2) is 37.0 Å². The molecule has 1 N–H and O–H groups in total. The monoisotopic (exact) mass is 431 g/mol. The lowest BCUT2D eigenvalue weighted by Gasteiger charge is -2.26. The van der Waals surface area contributed by atoms with Crippen molar-refractivity contribution in [2.45, 2.75) is 0 Å². The van der Waals surface area contributed by atoms with E-state index in [0.29, 0.717) is 5.02 Å². The van der Waals surface area contributed by atoms with Gasteiger partial charge in [-0.1, -0.05) is 11.6 Å². The number of anilines is 1. The lowest BCUT2D eigenvalue weighted by atomic mass is 10.0. The van der Waals surface area contributed by atoms with Crippen LogP contribution >= 0.6 is 11.6 Å². The Morgan fingerprint density at radius 2 is 1.67 bits per heavy atom. The van der Waals surface area contributed by atoms with Gasteiger partial charge in [0.15, 0.2) is 11.5 Å². The van der Waals surface area contributed by atoms with Gasteiger partial charge in [0.1, 0.15) is 5.57 Å². The van der Waals surface area contributed by atoms with E-state index in [0.717, 1.165) is 17.0 Å². The number of nitro benzene ring substituents is 1. The Balaban J connectivity index is 2.12. The molecular formula is C19H14ClN3O7. The highest BCUT2D eigenvalue weighted by molar-refractivity contribution is 6.39. The second-order valence-electron chi connectivity index (χ2n) is 5.96. The number of imide groups is 2. The highest BCUT2D eigenvalue weighted by Crippen LogP contribution is 2.36. The van der Waals surface area contributed by atoms with Gasteiger partial charge in [-0.3, -0.25) is 25.0 Å². The molecule has 0 aliphatic carbocycles. The first-order chi connectivity index (χ1) is 14.3. The molecule has 30 heavy (non-hydrogen) atoms. The van der Waals surface area contributed by atoms with E-state index in [9.17, 15) is 24.5 Å². The fourth-order valence-corrected chi connectivity index (χ4v) is 2.92. The average Bonchev–Trinajstić information content (AvgIpc) is 2.71. The topological polar surface area (TPSA) is 128 Å². The molecule has 1 aliphatic heterocycles. The van der Waals surface area contributed by atoms with Gasteiger partial charge in [-0.05, 0) is 36.4 Å². The van der Waals surface area contributed by atoms with E-state index < -0.39 is 34.0 Å². The van der Waals surface area contributed by atoms with Gasteiger partial charge in [-0.25, -0.2) is 9.69 Å². The summed E-state index contributed by atoms with van der Waals surface area (Å²) in [7, 11) is 2.65. The third-order valence-electron chi connectivity index (χ3n) is 4.22. The number of hydrogen-bond donors (Lipinski definition) is 1. The number of urea groups is 1. The molecule has 0 spiro atoms. The zero-order valence-electron chi connectivity index (χ0n) is 15.7. The SMILES string of the molecule is COc1cc(/C=C2\C(=O)NC(=O)N(c3ccc(Cl)cc3)C2=O)c([N+](=O)[O-])cc1OC. The number of barbiturate groups is 1. The Labute approximate surface area is 174 Å². The quantitative estimate of drug-likeness (QED) is 0.333. The van der Waals surface area contributed by atoms with Crippen LogP contribution in [0.25, 0.3) is 6.08 Å². The van der Waals surface area contributed by atoms with Gasteiger partial charge in [-0.2, -0.15) is 0 Å². The van der Waals surface area contributed by atoms with Gasteiger partial charge >= 0.3 is 6.03 Å². The zero-order valence-corrected chi connectivity index (χ0v) is 16.4. The van der Waals surface area contributed by atoms with Crippen molar-refractivity contribution in [1.82, 2.24) is 5.32 Å². The first-order valence-corrected chi connectivity index (χ1v) is 8.72. The zero-order chi connectivity index (χ0) is 22.0. The molecule has 1 heterocycles. The van der Waals surface area contributed by atoms with Gasteiger partial charge in [0.05, 0.1) is 36.5 Å². The van der Waals surface area contributed by atoms with Crippen molar-refractivity contribution in [1.29, 1.82) is 0 Å². The summed E-state index contributed by atoms with van der Waals surface area (Å²) in [6.45, 7) is 0. The van der Waals surface area contributed by atoms with Crippen molar-refractivity contribution in [2.24, 2.45) is 0 Å². The predicted octanol–water partition coefficient (Wildman–Crippen LogP) is 2.93. The Hall–Kier alpha value is -3.92. The minimum atomic E-state index is -0.987. The molecule has 3 rings (SSSR count). The van der Waals surface area contributed by atoms with Crippen LogP contribution in [0.5, 0.6) is 11.5 Å².